The summed E-state index contributed by atoms with van der Waals surface area (Å²) in [5.74, 6) is 0. The molecule has 0 atom stereocenters. The standard InChI is InChI=1S/C12H14N2S2/c1-8-2-5-15-11(8)9-7-16-10(14-9)6-12(13)3-4-12/h2,5,7H,3-4,6,13H2,1H3. The number of nitrogens with zero attached hydrogens (tertiary/aromatic N) is 1. The quantitative estimate of drug-likeness (QED) is 0.908. The number of aryl methyl sites for hydroxylation is 1. The maximum absolute atomic E-state index is 6.11. The van der Waals surface area contributed by atoms with Gasteiger partial charge < -0.3 is 5.73 Å². The van der Waals surface area contributed by atoms with Crippen molar-refractivity contribution in [3.05, 3.63) is 27.4 Å². The molecule has 0 aliphatic heterocycles. The number of hydrogen-bond acceptors (Lipinski definition) is 4. The molecule has 2 aromatic rings. The molecule has 84 valence electrons. The van der Waals surface area contributed by atoms with Gasteiger partial charge in [0, 0.05) is 17.3 Å². The van der Waals surface area contributed by atoms with Crippen LogP contribution in [0.15, 0.2) is 16.8 Å². The zero-order valence-corrected chi connectivity index (χ0v) is 10.8. The second-order valence-electron chi connectivity index (χ2n) is 4.60. The molecule has 16 heavy (non-hydrogen) atoms. The molecule has 2 nitrogen and oxygen atoms in total. The number of aromatic nitrogens is 1. The Morgan fingerprint density at radius 2 is 2.25 bits per heavy atom. The van der Waals surface area contributed by atoms with Gasteiger partial charge in [0.05, 0.1) is 15.6 Å². The minimum atomic E-state index is 0.0691. The van der Waals surface area contributed by atoms with Crippen LogP contribution >= 0.6 is 22.7 Å². The lowest BCUT2D eigenvalue weighted by Gasteiger charge is -2.03. The van der Waals surface area contributed by atoms with E-state index in [9.17, 15) is 0 Å². The number of nitrogens with two attached hydrogens (primary N) is 1. The first-order valence-corrected chi connectivity index (χ1v) is 7.20. The van der Waals surface area contributed by atoms with Crippen molar-refractivity contribution in [3.63, 3.8) is 0 Å². The van der Waals surface area contributed by atoms with Crippen molar-refractivity contribution in [3.8, 4) is 10.6 Å². The highest BCUT2D eigenvalue weighted by Gasteiger charge is 2.38. The van der Waals surface area contributed by atoms with E-state index in [-0.39, 0.29) is 5.54 Å². The number of hydrogen-bond donors (Lipinski definition) is 1. The Balaban J connectivity index is 1.85. The molecule has 0 unspecified atom stereocenters. The normalized spacial score (nSPS) is 17.6. The lowest BCUT2D eigenvalue weighted by atomic mass is 10.2. The van der Waals surface area contributed by atoms with Gasteiger partial charge in [0.1, 0.15) is 0 Å². The van der Waals surface area contributed by atoms with Gasteiger partial charge in [0.2, 0.25) is 0 Å². The summed E-state index contributed by atoms with van der Waals surface area (Å²) < 4.78 is 0. The van der Waals surface area contributed by atoms with Crippen LogP contribution in [0.5, 0.6) is 0 Å². The Labute approximate surface area is 103 Å². The van der Waals surface area contributed by atoms with Crippen molar-refractivity contribution < 1.29 is 0 Å². The summed E-state index contributed by atoms with van der Waals surface area (Å²) in [6.07, 6.45) is 3.25. The predicted octanol–water partition coefficient (Wildman–Crippen LogP) is 3.21. The molecule has 4 heteroatoms. The lowest BCUT2D eigenvalue weighted by molar-refractivity contribution is 0.669. The van der Waals surface area contributed by atoms with Crippen molar-refractivity contribution in [2.75, 3.05) is 0 Å². The van der Waals surface area contributed by atoms with Crippen LogP contribution in [0, 0.1) is 6.92 Å². The van der Waals surface area contributed by atoms with Crippen molar-refractivity contribution in [1.29, 1.82) is 0 Å². The van der Waals surface area contributed by atoms with E-state index in [0.29, 0.717) is 0 Å². The third-order valence-corrected chi connectivity index (χ3v) is 4.93. The summed E-state index contributed by atoms with van der Waals surface area (Å²) in [6.45, 7) is 2.14. The van der Waals surface area contributed by atoms with E-state index in [1.165, 1.54) is 15.4 Å². The van der Waals surface area contributed by atoms with Gasteiger partial charge in [-0.2, -0.15) is 0 Å². The van der Waals surface area contributed by atoms with E-state index >= 15 is 0 Å². The molecule has 0 saturated heterocycles. The Hall–Kier alpha value is -0.710. The SMILES string of the molecule is Cc1ccsc1-c1csc(CC2(N)CC2)n1. The highest BCUT2D eigenvalue weighted by Crippen LogP contribution is 2.37. The van der Waals surface area contributed by atoms with E-state index in [4.69, 9.17) is 5.73 Å². The van der Waals surface area contributed by atoms with Crippen LogP contribution in [0.3, 0.4) is 0 Å². The minimum Gasteiger partial charge on any atom is -0.325 e. The Kier molecular flexibility index (Phi) is 2.38. The van der Waals surface area contributed by atoms with E-state index in [1.807, 2.05) is 0 Å². The molecular formula is C12H14N2S2. The van der Waals surface area contributed by atoms with E-state index in [0.717, 1.165) is 25.0 Å². The summed E-state index contributed by atoms with van der Waals surface area (Å²) in [6, 6.07) is 2.14. The first-order chi connectivity index (χ1) is 7.66. The highest BCUT2D eigenvalue weighted by atomic mass is 32.1. The van der Waals surface area contributed by atoms with Crippen LogP contribution in [0.1, 0.15) is 23.4 Å². The molecule has 2 N–H and O–H groups in total. The molecular weight excluding hydrogens is 236 g/mol. The number of rotatable bonds is 3. The predicted molar refractivity (Wildman–Crippen MR) is 70.0 cm³/mol. The fourth-order valence-electron chi connectivity index (χ4n) is 1.77. The molecule has 3 rings (SSSR count). The van der Waals surface area contributed by atoms with E-state index in [1.54, 1.807) is 22.7 Å². The van der Waals surface area contributed by atoms with Crippen LogP contribution in [0.25, 0.3) is 10.6 Å². The topological polar surface area (TPSA) is 38.9 Å². The third kappa shape index (κ3) is 1.93. The van der Waals surface area contributed by atoms with Gasteiger partial charge in [-0.3, -0.25) is 0 Å². The van der Waals surface area contributed by atoms with Gasteiger partial charge in [0.15, 0.2) is 0 Å². The van der Waals surface area contributed by atoms with Gasteiger partial charge >= 0.3 is 0 Å². The maximum Gasteiger partial charge on any atom is 0.0951 e. The third-order valence-electron chi connectivity index (χ3n) is 3.04. The lowest BCUT2D eigenvalue weighted by Crippen LogP contribution is -2.24. The van der Waals surface area contributed by atoms with Crippen LogP contribution in [0.4, 0.5) is 0 Å². The summed E-state index contributed by atoms with van der Waals surface area (Å²) in [5, 5.41) is 5.46. The average Bonchev–Trinajstić information content (AvgIpc) is 2.67. The van der Waals surface area contributed by atoms with Gasteiger partial charge in [-0.15, -0.1) is 22.7 Å². The minimum absolute atomic E-state index is 0.0691. The number of thiophene rings is 1. The molecule has 1 fully saturated rings. The first-order valence-electron chi connectivity index (χ1n) is 5.44. The second kappa shape index (κ2) is 3.65. The molecule has 2 aromatic heterocycles. The Bertz CT molecular complexity index is 509. The average molecular weight is 250 g/mol. The van der Waals surface area contributed by atoms with Crippen molar-refractivity contribution in [1.82, 2.24) is 4.98 Å². The molecule has 0 spiro atoms. The zero-order chi connectivity index (χ0) is 11.2. The Morgan fingerprint density at radius 3 is 2.88 bits per heavy atom. The fraction of sp³-hybridized carbons (Fsp3) is 0.417. The van der Waals surface area contributed by atoms with E-state index in [2.05, 4.69) is 28.7 Å². The molecule has 1 saturated carbocycles. The van der Waals surface area contributed by atoms with Crippen LogP contribution in [-0.2, 0) is 6.42 Å². The summed E-state index contributed by atoms with van der Waals surface area (Å²) in [5.41, 5.74) is 8.61. The summed E-state index contributed by atoms with van der Waals surface area (Å²) >= 11 is 3.50. The fourth-order valence-corrected chi connectivity index (χ4v) is 3.67. The smallest absolute Gasteiger partial charge is 0.0951 e. The summed E-state index contributed by atoms with van der Waals surface area (Å²) in [4.78, 5) is 5.98. The van der Waals surface area contributed by atoms with Gasteiger partial charge in [-0.25, -0.2) is 4.98 Å². The Morgan fingerprint density at radius 1 is 1.44 bits per heavy atom. The van der Waals surface area contributed by atoms with Gasteiger partial charge in [-0.05, 0) is 36.8 Å². The monoisotopic (exact) mass is 250 g/mol. The highest BCUT2D eigenvalue weighted by molar-refractivity contribution is 7.14. The zero-order valence-electron chi connectivity index (χ0n) is 9.19. The molecule has 2 heterocycles. The van der Waals surface area contributed by atoms with Crippen molar-refractivity contribution >= 4 is 22.7 Å². The van der Waals surface area contributed by atoms with Gasteiger partial charge in [0.25, 0.3) is 0 Å². The molecule has 1 aliphatic rings. The van der Waals surface area contributed by atoms with Crippen molar-refractivity contribution in [2.24, 2.45) is 5.73 Å². The summed E-state index contributed by atoms with van der Waals surface area (Å²) in [7, 11) is 0. The van der Waals surface area contributed by atoms with Crippen LogP contribution < -0.4 is 5.73 Å². The molecule has 0 radical (unpaired) electrons. The van der Waals surface area contributed by atoms with E-state index < -0.39 is 0 Å². The van der Waals surface area contributed by atoms with Crippen LogP contribution in [0.2, 0.25) is 0 Å². The van der Waals surface area contributed by atoms with Gasteiger partial charge in [-0.1, -0.05) is 0 Å². The first kappa shape index (κ1) is 10.4. The molecule has 1 aliphatic carbocycles. The largest absolute Gasteiger partial charge is 0.325 e. The molecule has 0 amide bonds. The molecule has 0 aromatic carbocycles. The second-order valence-corrected chi connectivity index (χ2v) is 6.46. The number of thiazole rings is 1. The molecule has 0 bridgehead atoms. The van der Waals surface area contributed by atoms with Crippen LogP contribution in [-0.4, -0.2) is 10.5 Å². The maximum atomic E-state index is 6.11. The van der Waals surface area contributed by atoms with Crippen molar-refractivity contribution in [2.45, 2.75) is 31.7 Å².